The number of aromatic nitrogens is 2. The molecule has 0 atom stereocenters. The number of rotatable bonds is 5. The highest BCUT2D eigenvalue weighted by atomic mass is 35.5. The third-order valence-electron chi connectivity index (χ3n) is 2.43. The highest BCUT2D eigenvalue weighted by Crippen LogP contribution is 2.02. The molecule has 0 bridgehead atoms. The van der Waals surface area contributed by atoms with Crippen molar-refractivity contribution in [3.63, 3.8) is 0 Å². The Morgan fingerprint density at radius 3 is 2.83 bits per heavy atom. The third-order valence-corrected chi connectivity index (χ3v) is 2.63. The van der Waals surface area contributed by atoms with Gasteiger partial charge in [-0.3, -0.25) is 4.57 Å². The summed E-state index contributed by atoms with van der Waals surface area (Å²) in [5.74, 6) is 0. The Kier molecular flexibility index (Phi) is 4.50. The molecule has 0 aliphatic heterocycles. The van der Waals surface area contributed by atoms with E-state index in [2.05, 4.69) is 4.98 Å². The summed E-state index contributed by atoms with van der Waals surface area (Å²) in [6, 6.07) is 10.0. The third kappa shape index (κ3) is 3.68. The molecule has 0 N–H and O–H groups in total. The van der Waals surface area contributed by atoms with E-state index in [4.69, 9.17) is 16.3 Å². The quantitative estimate of drug-likeness (QED) is 0.777. The molecular weight excluding hydrogens is 252 g/mol. The molecule has 94 valence electrons. The molecule has 0 amide bonds. The standard InChI is InChI=1S/C13H13ClN2O2/c14-12-8-15-13(17)16(9-12)10-18-7-6-11-4-2-1-3-5-11/h1-5,8-9H,6-7,10H2. The molecule has 2 rings (SSSR count). The lowest BCUT2D eigenvalue weighted by atomic mass is 10.2. The van der Waals surface area contributed by atoms with E-state index in [1.54, 1.807) is 0 Å². The van der Waals surface area contributed by atoms with Gasteiger partial charge in [-0.25, -0.2) is 4.79 Å². The normalized spacial score (nSPS) is 10.5. The molecule has 0 unspecified atom stereocenters. The summed E-state index contributed by atoms with van der Waals surface area (Å²) >= 11 is 5.75. The summed E-state index contributed by atoms with van der Waals surface area (Å²) in [6.07, 6.45) is 3.65. The highest BCUT2D eigenvalue weighted by Gasteiger charge is 1.98. The number of nitrogens with zero attached hydrogens (tertiary/aromatic N) is 2. The van der Waals surface area contributed by atoms with Gasteiger partial charge in [-0.1, -0.05) is 41.9 Å². The Hall–Kier alpha value is -1.65. The largest absolute Gasteiger partial charge is 0.360 e. The second kappa shape index (κ2) is 6.33. The van der Waals surface area contributed by atoms with Crippen molar-refractivity contribution in [2.24, 2.45) is 0 Å². The first-order valence-corrected chi connectivity index (χ1v) is 5.97. The van der Waals surface area contributed by atoms with Crippen LogP contribution in [0, 0.1) is 0 Å². The van der Waals surface area contributed by atoms with Gasteiger partial charge in [0, 0.05) is 6.20 Å². The number of hydrogen-bond donors (Lipinski definition) is 0. The summed E-state index contributed by atoms with van der Waals surface area (Å²) < 4.78 is 6.76. The van der Waals surface area contributed by atoms with Gasteiger partial charge < -0.3 is 4.74 Å². The van der Waals surface area contributed by atoms with E-state index < -0.39 is 0 Å². The van der Waals surface area contributed by atoms with Crippen LogP contribution in [0.3, 0.4) is 0 Å². The Morgan fingerprint density at radius 2 is 2.06 bits per heavy atom. The minimum atomic E-state index is -0.362. The van der Waals surface area contributed by atoms with Gasteiger partial charge in [0.15, 0.2) is 0 Å². The zero-order valence-electron chi connectivity index (χ0n) is 9.75. The molecule has 0 saturated carbocycles. The summed E-state index contributed by atoms with van der Waals surface area (Å²) in [5.41, 5.74) is 0.841. The van der Waals surface area contributed by atoms with Crippen molar-refractivity contribution in [2.75, 3.05) is 6.61 Å². The lowest BCUT2D eigenvalue weighted by molar-refractivity contribution is 0.0761. The van der Waals surface area contributed by atoms with Crippen molar-refractivity contribution in [1.29, 1.82) is 0 Å². The van der Waals surface area contributed by atoms with Crippen LogP contribution in [0.15, 0.2) is 47.5 Å². The first kappa shape index (κ1) is 12.8. The molecule has 0 fully saturated rings. The fraction of sp³-hybridized carbons (Fsp3) is 0.231. The van der Waals surface area contributed by atoms with Crippen LogP contribution in [0.5, 0.6) is 0 Å². The SMILES string of the molecule is O=c1ncc(Cl)cn1COCCc1ccccc1. The summed E-state index contributed by atoms with van der Waals surface area (Å²) in [7, 11) is 0. The van der Waals surface area contributed by atoms with Crippen LogP contribution in [-0.2, 0) is 17.9 Å². The van der Waals surface area contributed by atoms with Gasteiger partial charge in [0.1, 0.15) is 6.73 Å². The molecule has 4 nitrogen and oxygen atoms in total. The van der Waals surface area contributed by atoms with Gasteiger partial charge in [-0.2, -0.15) is 4.98 Å². The fourth-order valence-corrected chi connectivity index (χ4v) is 1.69. The van der Waals surface area contributed by atoms with Crippen molar-refractivity contribution in [1.82, 2.24) is 9.55 Å². The zero-order chi connectivity index (χ0) is 12.8. The molecule has 18 heavy (non-hydrogen) atoms. The fourth-order valence-electron chi connectivity index (χ4n) is 1.52. The zero-order valence-corrected chi connectivity index (χ0v) is 10.5. The molecule has 0 radical (unpaired) electrons. The van der Waals surface area contributed by atoms with Crippen molar-refractivity contribution in [3.8, 4) is 0 Å². The van der Waals surface area contributed by atoms with E-state index in [0.717, 1.165) is 6.42 Å². The molecule has 0 aliphatic rings. The van der Waals surface area contributed by atoms with Crippen LogP contribution >= 0.6 is 11.6 Å². The first-order chi connectivity index (χ1) is 8.75. The van der Waals surface area contributed by atoms with E-state index in [9.17, 15) is 4.79 Å². The molecule has 5 heteroatoms. The second-order valence-corrected chi connectivity index (χ2v) is 4.23. The number of ether oxygens (including phenoxy) is 1. The predicted octanol–water partition coefficient (Wildman–Crippen LogP) is 2.11. The number of halogens is 1. The summed E-state index contributed by atoms with van der Waals surface area (Å²) in [5, 5.41) is 0.418. The van der Waals surface area contributed by atoms with E-state index in [-0.39, 0.29) is 12.4 Å². The van der Waals surface area contributed by atoms with Gasteiger partial charge in [0.25, 0.3) is 0 Å². The van der Waals surface area contributed by atoms with Crippen molar-refractivity contribution < 1.29 is 4.74 Å². The van der Waals surface area contributed by atoms with Gasteiger partial charge >= 0.3 is 5.69 Å². The highest BCUT2D eigenvalue weighted by molar-refractivity contribution is 6.30. The molecule has 0 saturated heterocycles. The van der Waals surface area contributed by atoms with Crippen LogP contribution in [0.25, 0.3) is 0 Å². The minimum absolute atomic E-state index is 0.166. The van der Waals surface area contributed by atoms with Crippen LogP contribution in [-0.4, -0.2) is 16.2 Å². The maximum absolute atomic E-state index is 11.3. The molecule has 0 spiro atoms. The maximum Gasteiger partial charge on any atom is 0.349 e. The molecule has 1 aromatic carbocycles. The van der Waals surface area contributed by atoms with E-state index in [0.29, 0.717) is 11.6 Å². The monoisotopic (exact) mass is 264 g/mol. The van der Waals surface area contributed by atoms with Gasteiger partial charge in [0.2, 0.25) is 0 Å². The average molecular weight is 265 g/mol. The summed E-state index contributed by atoms with van der Waals surface area (Å²) in [6.45, 7) is 0.711. The molecule has 2 aromatic rings. The van der Waals surface area contributed by atoms with Crippen LogP contribution < -0.4 is 5.69 Å². The number of hydrogen-bond acceptors (Lipinski definition) is 3. The predicted molar refractivity (Wildman–Crippen MR) is 69.6 cm³/mol. The van der Waals surface area contributed by atoms with Crippen LogP contribution in [0.4, 0.5) is 0 Å². The Bertz CT molecular complexity index is 554. The minimum Gasteiger partial charge on any atom is -0.360 e. The van der Waals surface area contributed by atoms with E-state index in [1.165, 1.54) is 22.5 Å². The van der Waals surface area contributed by atoms with Crippen molar-refractivity contribution in [3.05, 3.63) is 63.8 Å². The lowest BCUT2D eigenvalue weighted by Gasteiger charge is -2.06. The first-order valence-electron chi connectivity index (χ1n) is 5.59. The second-order valence-electron chi connectivity index (χ2n) is 3.80. The van der Waals surface area contributed by atoms with E-state index >= 15 is 0 Å². The number of benzene rings is 1. The van der Waals surface area contributed by atoms with Gasteiger partial charge in [0.05, 0.1) is 17.8 Å². The lowest BCUT2D eigenvalue weighted by Crippen LogP contribution is -2.23. The molecular formula is C13H13ClN2O2. The molecule has 0 aliphatic carbocycles. The van der Waals surface area contributed by atoms with Crippen molar-refractivity contribution >= 4 is 11.6 Å². The van der Waals surface area contributed by atoms with Crippen LogP contribution in [0.1, 0.15) is 5.56 Å². The summed E-state index contributed by atoms with van der Waals surface area (Å²) in [4.78, 5) is 15.0. The Morgan fingerprint density at radius 1 is 1.28 bits per heavy atom. The van der Waals surface area contributed by atoms with Gasteiger partial charge in [-0.05, 0) is 12.0 Å². The Balaban J connectivity index is 1.82. The Labute approximate surface area is 110 Å². The molecule has 1 aromatic heterocycles. The molecule has 1 heterocycles. The van der Waals surface area contributed by atoms with Crippen molar-refractivity contribution in [2.45, 2.75) is 13.2 Å². The smallest absolute Gasteiger partial charge is 0.349 e. The van der Waals surface area contributed by atoms with Gasteiger partial charge in [-0.15, -0.1) is 0 Å². The maximum atomic E-state index is 11.3. The average Bonchev–Trinajstić information content (AvgIpc) is 2.40. The van der Waals surface area contributed by atoms with E-state index in [1.807, 2.05) is 30.3 Å². The van der Waals surface area contributed by atoms with Crippen LogP contribution in [0.2, 0.25) is 5.02 Å². The topological polar surface area (TPSA) is 44.1 Å².